The van der Waals surface area contributed by atoms with Crippen molar-refractivity contribution in [3.8, 4) is 0 Å². The van der Waals surface area contributed by atoms with Crippen molar-refractivity contribution in [3.05, 3.63) is 23.8 Å². The average Bonchev–Trinajstić information content (AvgIpc) is 2.51. The molecule has 0 aliphatic rings. The van der Waals surface area contributed by atoms with Gasteiger partial charge in [-0.05, 0) is 31.0 Å². The molecule has 0 fully saturated rings. The van der Waals surface area contributed by atoms with Crippen LogP contribution in [0, 0.1) is 6.92 Å². The van der Waals surface area contributed by atoms with Gasteiger partial charge in [-0.25, -0.2) is 4.98 Å². The molecule has 0 bridgehead atoms. The summed E-state index contributed by atoms with van der Waals surface area (Å²) in [5, 5.41) is 8.81. The van der Waals surface area contributed by atoms with Crippen molar-refractivity contribution in [2.45, 2.75) is 19.9 Å². The van der Waals surface area contributed by atoms with Crippen molar-refractivity contribution < 1.29 is 5.11 Å². The predicted molar refractivity (Wildman–Crippen MR) is 60.6 cm³/mol. The van der Waals surface area contributed by atoms with Gasteiger partial charge < -0.3 is 15.4 Å². The van der Waals surface area contributed by atoms with Crippen LogP contribution in [0.2, 0.25) is 0 Å². The maximum Gasteiger partial charge on any atom is 0.201 e. The zero-order valence-electron chi connectivity index (χ0n) is 8.77. The fourth-order valence-electron chi connectivity index (χ4n) is 1.72. The number of aryl methyl sites for hydroxylation is 2. The Labute approximate surface area is 88.3 Å². The van der Waals surface area contributed by atoms with Crippen LogP contribution in [0.5, 0.6) is 0 Å². The van der Waals surface area contributed by atoms with E-state index in [1.807, 2.05) is 23.6 Å². The number of aliphatic hydroxyl groups excluding tert-OH is 1. The second-order valence-corrected chi connectivity index (χ2v) is 3.69. The van der Waals surface area contributed by atoms with Gasteiger partial charge in [0.15, 0.2) is 0 Å². The quantitative estimate of drug-likeness (QED) is 0.794. The van der Waals surface area contributed by atoms with E-state index < -0.39 is 0 Å². The van der Waals surface area contributed by atoms with Crippen LogP contribution in [0.4, 0.5) is 5.95 Å². The molecule has 1 aromatic heterocycles. The molecule has 0 spiro atoms. The molecule has 0 unspecified atom stereocenters. The Kier molecular flexibility index (Phi) is 2.60. The standard InChI is InChI=1S/C11H15N3O/c1-8-3-4-9-10(7-8)14(5-2-6-15)11(12)13-9/h3-4,7,15H,2,5-6H2,1H3,(H2,12,13). The van der Waals surface area contributed by atoms with Gasteiger partial charge in [-0.1, -0.05) is 6.07 Å². The Morgan fingerprint density at radius 2 is 2.27 bits per heavy atom. The monoisotopic (exact) mass is 205 g/mol. The van der Waals surface area contributed by atoms with Gasteiger partial charge in [0.25, 0.3) is 0 Å². The summed E-state index contributed by atoms with van der Waals surface area (Å²) in [5.41, 5.74) is 8.96. The molecule has 0 radical (unpaired) electrons. The SMILES string of the molecule is Cc1ccc2nc(N)n(CCCO)c2c1. The molecular formula is C11H15N3O. The maximum atomic E-state index is 8.81. The molecule has 0 atom stereocenters. The molecule has 15 heavy (non-hydrogen) atoms. The lowest BCUT2D eigenvalue weighted by atomic mass is 10.2. The molecular weight excluding hydrogens is 190 g/mol. The first kappa shape index (κ1) is 9.98. The highest BCUT2D eigenvalue weighted by molar-refractivity contribution is 5.79. The zero-order valence-corrected chi connectivity index (χ0v) is 8.77. The average molecular weight is 205 g/mol. The van der Waals surface area contributed by atoms with E-state index in [0.717, 1.165) is 11.0 Å². The molecule has 80 valence electrons. The van der Waals surface area contributed by atoms with Crippen LogP contribution in [-0.2, 0) is 6.54 Å². The van der Waals surface area contributed by atoms with Crippen LogP contribution in [-0.4, -0.2) is 21.3 Å². The number of hydrogen-bond acceptors (Lipinski definition) is 3. The Morgan fingerprint density at radius 3 is 3.00 bits per heavy atom. The Bertz CT molecular complexity index is 476. The number of fused-ring (bicyclic) bond motifs is 1. The van der Waals surface area contributed by atoms with Crippen molar-refractivity contribution in [3.63, 3.8) is 0 Å². The van der Waals surface area contributed by atoms with E-state index in [1.54, 1.807) is 0 Å². The number of nitrogens with zero attached hydrogens (tertiary/aromatic N) is 2. The van der Waals surface area contributed by atoms with E-state index in [4.69, 9.17) is 10.8 Å². The summed E-state index contributed by atoms with van der Waals surface area (Å²) in [6.07, 6.45) is 0.698. The normalized spacial score (nSPS) is 11.1. The molecule has 0 aliphatic heterocycles. The van der Waals surface area contributed by atoms with Gasteiger partial charge in [-0.2, -0.15) is 0 Å². The topological polar surface area (TPSA) is 64.1 Å². The van der Waals surface area contributed by atoms with Gasteiger partial charge in [0.1, 0.15) is 0 Å². The first-order valence-corrected chi connectivity index (χ1v) is 5.05. The molecule has 3 N–H and O–H groups in total. The minimum absolute atomic E-state index is 0.172. The van der Waals surface area contributed by atoms with Gasteiger partial charge >= 0.3 is 0 Å². The van der Waals surface area contributed by atoms with E-state index in [2.05, 4.69) is 11.1 Å². The molecule has 1 aromatic carbocycles. The number of aromatic nitrogens is 2. The van der Waals surface area contributed by atoms with Gasteiger partial charge in [0.2, 0.25) is 5.95 Å². The third-order valence-electron chi connectivity index (χ3n) is 2.47. The number of nitrogen functional groups attached to an aromatic ring is 1. The number of anilines is 1. The molecule has 4 heteroatoms. The van der Waals surface area contributed by atoms with Gasteiger partial charge in [-0.15, -0.1) is 0 Å². The first-order valence-electron chi connectivity index (χ1n) is 5.05. The van der Waals surface area contributed by atoms with E-state index in [9.17, 15) is 0 Å². The Hall–Kier alpha value is -1.55. The summed E-state index contributed by atoms with van der Waals surface area (Å²) < 4.78 is 1.94. The fraction of sp³-hybridized carbons (Fsp3) is 0.364. The number of nitrogens with two attached hydrogens (primary N) is 1. The molecule has 2 aromatic rings. The fourth-order valence-corrected chi connectivity index (χ4v) is 1.72. The highest BCUT2D eigenvalue weighted by Crippen LogP contribution is 2.19. The molecule has 0 amide bonds. The molecule has 0 aliphatic carbocycles. The summed E-state index contributed by atoms with van der Waals surface area (Å²) in [4.78, 5) is 4.27. The largest absolute Gasteiger partial charge is 0.396 e. The zero-order chi connectivity index (χ0) is 10.8. The van der Waals surface area contributed by atoms with Crippen LogP contribution in [0.1, 0.15) is 12.0 Å². The number of hydrogen-bond donors (Lipinski definition) is 2. The van der Waals surface area contributed by atoms with Crippen molar-refractivity contribution in [2.24, 2.45) is 0 Å². The molecule has 1 heterocycles. The predicted octanol–water partition coefficient (Wildman–Crippen LogP) is 1.31. The maximum absolute atomic E-state index is 8.81. The van der Waals surface area contributed by atoms with Gasteiger partial charge in [-0.3, -0.25) is 0 Å². The lowest BCUT2D eigenvalue weighted by Gasteiger charge is -2.04. The van der Waals surface area contributed by atoms with Crippen molar-refractivity contribution >= 4 is 17.0 Å². The molecule has 2 rings (SSSR count). The lowest BCUT2D eigenvalue weighted by molar-refractivity contribution is 0.281. The van der Waals surface area contributed by atoms with E-state index >= 15 is 0 Å². The van der Waals surface area contributed by atoms with E-state index in [1.165, 1.54) is 5.56 Å². The van der Waals surface area contributed by atoms with Crippen LogP contribution in [0.25, 0.3) is 11.0 Å². The number of rotatable bonds is 3. The second kappa shape index (κ2) is 3.90. The molecule has 4 nitrogen and oxygen atoms in total. The lowest BCUT2D eigenvalue weighted by Crippen LogP contribution is -2.04. The molecule has 0 saturated carbocycles. The highest BCUT2D eigenvalue weighted by atomic mass is 16.3. The summed E-state index contributed by atoms with van der Waals surface area (Å²) in [5.74, 6) is 0.518. The second-order valence-electron chi connectivity index (χ2n) is 3.69. The van der Waals surface area contributed by atoms with Crippen LogP contribution in [0.3, 0.4) is 0 Å². The van der Waals surface area contributed by atoms with Crippen molar-refractivity contribution in [1.82, 2.24) is 9.55 Å². The van der Waals surface area contributed by atoms with Gasteiger partial charge in [0.05, 0.1) is 11.0 Å². The minimum atomic E-state index is 0.172. The molecule has 0 saturated heterocycles. The third kappa shape index (κ3) is 1.80. The van der Waals surface area contributed by atoms with Crippen LogP contribution in [0.15, 0.2) is 18.2 Å². The number of aliphatic hydroxyl groups is 1. The smallest absolute Gasteiger partial charge is 0.201 e. The Balaban J connectivity index is 2.50. The summed E-state index contributed by atoms with van der Waals surface area (Å²) in [6.45, 7) is 2.92. The number of benzene rings is 1. The van der Waals surface area contributed by atoms with Crippen LogP contribution >= 0.6 is 0 Å². The highest BCUT2D eigenvalue weighted by Gasteiger charge is 2.07. The van der Waals surface area contributed by atoms with E-state index in [0.29, 0.717) is 18.9 Å². The summed E-state index contributed by atoms with van der Waals surface area (Å²) in [6, 6.07) is 6.05. The minimum Gasteiger partial charge on any atom is -0.396 e. The van der Waals surface area contributed by atoms with Crippen molar-refractivity contribution in [1.29, 1.82) is 0 Å². The Morgan fingerprint density at radius 1 is 1.47 bits per heavy atom. The summed E-state index contributed by atoms with van der Waals surface area (Å²) >= 11 is 0. The number of imidazole rings is 1. The van der Waals surface area contributed by atoms with Crippen LogP contribution < -0.4 is 5.73 Å². The third-order valence-corrected chi connectivity index (χ3v) is 2.47. The summed E-state index contributed by atoms with van der Waals surface area (Å²) in [7, 11) is 0. The van der Waals surface area contributed by atoms with Gasteiger partial charge in [0, 0.05) is 13.2 Å². The van der Waals surface area contributed by atoms with E-state index in [-0.39, 0.29) is 6.61 Å². The van der Waals surface area contributed by atoms with Crippen molar-refractivity contribution in [2.75, 3.05) is 12.3 Å². The first-order chi connectivity index (χ1) is 7.22.